The van der Waals surface area contributed by atoms with Gasteiger partial charge in [0.15, 0.2) is 5.44 Å². The van der Waals surface area contributed by atoms with Gasteiger partial charge >= 0.3 is 0 Å². The quantitative estimate of drug-likeness (QED) is 0.229. The van der Waals surface area contributed by atoms with Crippen LogP contribution >= 0.6 is 6.04 Å². The van der Waals surface area contributed by atoms with E-state index in [0.29, 0.717) is 0 Å². The van der Waals surface area contributed by atoms with Crippen LogP contribution in [0.4, 0.5) is 0 Å². The van der Waals surface area contributed by atoms with Crippen molar-refractivity contribution in [2.75, 3.05) is 0 Å². The number of allylic oxidation sites excluding steroid dienone is 1. The summed E-state index contributed by atoms with van der Waals surface area (Å²) in [6, 6.07) is 34.0. The van der Waals surface area contributed by atoms with Crippen LogP contribution in [0.5, 0.6) is 0 Å². The van der Waals surface area contributed by atoms with Gasteiger partial charge in [0.05, 0.1) is 12.2 Å². The summed E-state index contributed by atoms with van der Waals surface area (Å²) in [5.41, 5.74) is 6.09. The Morgan fingerprint density at radius 2 is 1.34 bits per heavy atom. The van der Waals surface area contributed by atoms with Crippen molar-refractivity contribution in [3.63, 3.8) is 0 Å². The zero-order chi connectivity index (χ0) is 23.5. The van der Waals surface area contributed by atoms with Crippen molar-refractivity contribution in [1.29, 1.82) is 0 Å². The first-order valence-corrected chi connectivity index (χ1v) is 14.3. The summed E-state index contributed by atoms with van der Waals surface area (Å²) in [5.74, 6) is 0. The van der Waals surface area contributed by atoms with Crippen LogP contribution in [0.1, 0.15) is 16.8 Å². The molecule has 0 fully saturated rings. The Balaban J connectivity index is 0.00000289. The molecule has 0 atom stereocenters. The largest absolute Gasteiger partial charge is 1.00 e. The third-order valence-electron chi connectivity index (χ3n) is 6.29. The lowest BCUT2D eigenvalue weighted by Gasteiger charge is -2.21. The van der Waals surface area contributed by atoms with E-state index in [1.807, 2.05) is 0 Å². The van der Waals surface area contributed by atoms with Crippen LogP contribution in [0.3, 0.4) is 0 Å². The highest BCUT2D eigenvalue weighted by Crippen LogP contribution is 2.42. The average molecular weight is 560 g/mol. The van der Waals surface area contributed by atoms with Crippen LogP contribution in [0.25, 0.3) is 11.7 Å². The zero-order valence-corrected chi connectivity index (χ0v) is 23.2. The van der Waals surface area contributed by atoms with Crippen molar-refractivity contribution in [2.24, 2.45) is 0 Å². The number of hydrogen-bond donors (Lipinski definition) is 0. The van der Waals surface area contributed by atoms with Gasteiger partial charge in [0, 0.05) is 13.0 Å². The van der Waals surface area contributed by atoms with Crippen molar-refractivity contribution < 1.29 is 21.4 Å². The van der Waals surface area contributed by atoms with Crippen LogP contribution < -0.4 is 37.4 Å². The van der Waals surface area contributed by atoms with Gasteiger partial charge in [-0.1, -0.05) is 114 Å². The fourth-order valence-electron chi connectivity index (χ4n) is 4.55. The molecule has 2 heterocycles. The smallest absolute Gasteiger partial charge is 0.287 e. The van der Waals surface area contributed by atoms with E-state index in [4.69, 9.17) is 11.8 Å². The Labute approximate surface area is 223 Å². The number of nitrogens with zero attached hydrogens (tertiary/aromatic N) is 2. The van der Waals surface area contributed by atoms with E-state index in [1.54, 1.807) is 0 Å². The average Bonchev–Trinajstić information content (AvgIpc) is 3.17. The molecule has 5 heteroatoms. The molecule has 0 amide bonds. The van der Waals surface area contributed by atoms with Crippen LogP contribution in [0.15, 0.2) is 115 Å². The Morgan fingerprint density at radius 3 is 1.94 bits per heavy atom. The first kappa shape index (κ1) is 25.3. The van der Waals surface area contributed by atoms with Gasteiger partial charge in [0.1, 0.15) is 12.2 Å². The molecular weight excluding hydrogens is 531 g/mol. The molecule has 2 aromatic heterocycles. The SMILES string of the molecule is Cc1ccc(/C=C/Cn2c(C)c(P(=S)(c3ccccc3)c3ccccc3)[n+]3ccccc23)cc1.[Br-]. The molecule has 3 aromatic carbocycles. The fraction of sp³-hybridized carbons (Fsp3) is 0.100. The molecule has 0 unspecified atom stereocenters. The molecule has 0 spiro atoms. The Morgan fingerprint density at radius 1 is 0.771 bits per heavy atom. The number of aromatic nitrogens is 2. The van der Waals surface area contributed by atoms with Crippen molar-refractivity contribution >= 4 is 45.6 Å². The predicted molar refractivity (Wildman–Crippen MR) is 149 cm³/mol. The van der Waals surface area contributed by atoms with Crippen molar-refractivity contribution in [3.05, 3.63) is 132 Å². The Hall–Kier alpha value is -2.78. The number of halogens is 1. The zero-order valence-electron chi connectivity index (χ0n) is 19.9. The number of rotatable bonds is 6. The predicted octanol–water partition coefficient (Wildman–Crippen LogP) is 2.32. The molecule has 0 bridgehead atoms. The summed E-state index contributed by atoms with van der Waals surface area (Å²) in [5, 5.41) is 2.43. The molecule has 2 nitrogen and oxygen atoms in total. The second-order valence-corrected chi connectivity index (χ2v) is 12.9. The van der Waals surface area contributed by atoms with Gasteiger partial charge in [-0.3, -0.25) is 0 Å². The maximum Gasteiger partial charge on any atom is 0.287 e. The van der Waals surface area contributed by atoms with E-state index in [0.717, 1.165) is 12.2 Å². The van der Waals surface area contributed by atoms with Crippen LogP contribution in [-0.2, 0) is 18.4 Å². The number of pyridine rings is 1. The van der Waals surface area contributed by atoms with Crippen LogP contribution in [0.2, 0.25) is 0 Å². The highest BCUT2D eigenvalue weighted by Gasteiger charge is 2.36. The lowest BCUT2D eigenvalue weighted by atomic mass is 10.1. The summed E-state index contributed by atoms with van der Waals surface area (Å²) in [4.78, 5) is 0. The molecule has 0 aliphatic carbocycles. The number of hydrogen-bond acceptors (Lipinski definition) is 1. The molecule has 0 aliphatic heterocycles. The van der Waals surface area contributed by atoms with Crippen molar-refractivity contribution in [2.45, 2.75) is 20.4 Å². The van der Waals surface area contributed by atoms with Crippen LogP contribution in [-0.4, -0.2) is 4.57 Å². The molecule has 5 rings (SSSR count). The highest BCUT2D eigenvalue weighted by molar-refractivity contribution is 8.25. The lowest BCUT2D eigenvalue weighted by molar-refractivity contribution is -0.490. The van der Waals surface area contributed by atoms with Gasteiger partial charge in [-0.25, -0.2) is 4.57 Å². The summed E-state index contributed by atoms with van der Waals surface area (Å²) in [7, 11) is 0. The number of aryl methyl sites for hydroxylation is 1. The summed E-state index contributed by atoms with van der Waals surface area (Å²) in [6.45, 7) is 5.12. The minimum absolute atomic E-state index is 0. The molecule has 0 saturated carbocycles. The van der Waals surface area contributed by atoms with E-state index in [2.05, 4.69) is 144 Å². The monoisotopic (exact) mass is 558 g/mol. The topological polar surface area (TPSA) is 9.03 Å². The van der Waals surface area contributed by atoms with Crippen LogP contribution in [0, 0.1) is 13.8 Å². The third-order valence-corrected chi connectivity index (χ3v) is 11.3. The van der Waals surface area contributed by atoms with Gasteiger partial charge in [0.2, 0.25) is 0 Å². The molecule has 176 valence electrons. The van der Waals surface area contributed by atoms with E-state index in [9.17, 15) is 0 Å². The molecule has 35 heavy (non-hydrogen) atoms. The van der Waals surface area contributed by atoms with E-state index in [1.165, 1.54) is 32.9 Å². The first-order valence-electron chi connectivity index (χ1n) is 11.5. The number of fused-ring (bicyclic) bond motifs is 1. The van der Waals surface area contributed by atoms with Crippen molar-refractivity contribution in [3.8, 4) is 0 Å². The normalized spacial score (nSPS) is 11.6. The maximum atomic E-state index is 6.69. The molecule has 0 saturated heterocycles. The highest BCUT2D eigenvalue weighted by atomic mass is 79.9. The molecule has 5 aromatic rings. The molecular formula is C30H28BrN2PS. The minimum atomic E-state index is -2.28. The minimum Gasteiger partial charge on any atom is -1.00 e. The van der Waals surface area contributed by atoms with E-state index >= 15 is 0 Å². The second-order valence-electron chi connectivity index (χ2n) is 8.54. The molecule has 0 radical (unpaired) electrons. The van der Waals surface area contributed by atoms with E-state index < -0.39 is 6.04 Å². The summed E-state index contributed by atoms with van der Waals surface area (Å²) in [6.07, 6.45) is 6.59. The first-order chi connectivity index (χ1) is 16.6. The number of benzene rings is 3. The lowest BCUT2D eigenvalue weighted by Crippen LogP contribution is -3.00. The Kier molecular flexibility index (Phi) is 7.86. The summed E-state index contributed by atoms with van der Waals surface area (Å²) >= 11 is 6.69. The third kappa shape index (κ3) is 4.84. The summed E-state index contributed by atoms with van der Waals surface area (Å²) < 4.78 is 4.70. The second kappa shape index (κ2) is 10.9. The molecule has 0 N–H and O–H groups in total. The number of imidazole rings is 1. The van der Waals surface area contributed by atoms with Gasteiger partial charge in [0.25, 0.3) is 5.65 Å². The van der Waals surface area contributed by atoms with Gasteiger partial charge < -0.3 is 17.0 Å². The fourth-order valence-corrected chi connectivity index (χ4v) is 8.96. The van der Waals surface area contributed by atoms with Gasteiger partial charge in [-0.2, -0.15) is 4.40 Å². The maximum absolute atomic E-state index is 6.69. The standard InChI is InChI=1S/C30H28N2PS.BrH/c1-24-18-20-26(21-19-24)12-11-23-31-25(2)30(32-22-10-9-17-29(31)32)33(34,27-13-5-3-6-14-27)28-15-7-4-8-16-28;/h3-22H,23H2,1-2H3;1H/q+1;/p-1/b12-11+;. The van der Waals surface area contributed by atoms with E-state index in [-0.39, 0.29) is 17.0 Å². The Bertz CT molecular complexity index is 1460. The van der Waals surface area contributed by atoms with Gasteiger partial charge in [-0.15, -0.1) is 0 Å². The van der Waals surface area contributed by atoms with Crippen molar-refractivity contribution in [1.82, 2.24) is 4.57 Å². The molecule has 0 aliphatic rings. The van der Waals surface area contributed by atoms with Gasteiger partial charge in [-0.05, 0) is 35.2 Å².